The fraction of sp³-hybridized carbons (Fsp3) is 0.185. The van der Waals surface area contributed by atoms with Crippen molar-refractivity contribution in [2.45, 2.75) is 32.9 Å². The summed E-state index contributed by atoms with van der Waals surface area (Å²) in [6.45, 7) is 5.68. The highest BCUT2D eigenvalue weighted by atomic mass is 19.1. The molecule has 0 fully saturated rings. The standard InChI is InChI=1S/C27H26FN7O3/c1-27(2,3)37-26(36)31-16-17-8-10-19(11-9-17)24-33-25(38-35-24)23(34-29)22(18-12-14-30-15-13-18)32-21-7-5-4-6-20(21)28/h4-15,29,32H,16H2,1-3H3,(H,31,36)/b23-22-,34-29?. The van der Waals surface area contributed by atoms with E-state index in [2.05, 4.69) is 30.9 Å². The number of amides is 1. The second-order valence-electron chi connectivity index (χ2n) is 9.15. The molecule has 11 heteroatoms. The molecule has 2 aromatic carbocycles. The van der Waals surface area contributed by atoms with Crippen molar-refractivity contribution in [2.75, 3.05) is 5.32 Å². The number of hydrogen-bond donors (Lipinski definition) is 3. The number of hydrogen-bond acceptors (Lipinski definition) is 9. The Hall–Kier alpha value is -4.93. The van der Waals surface area contributed by atoms with E-state index >= 15 is 0 Å². The van der Waals surface area contributed by atoms with E-state index in [9.17, 15) is 9.18 Å². The minimum Gasteiger partial charge on any atom is -0.444 e. The smallest absolute Gasteiger partial charge is 0.407 e. The fourth-order valence-corrected chi connectivity index (χ4v) is 3.39. The third-order valence-corrected chi connectivity index (χ3v) is 5.13. The lowest BCUT2D eigenvalue weighted by Gasteiger charge is -2.19. The fourth-order valence-electron chi connectivity index (χ4n) is 3.39. The van der Waals surface area contributed by atoms with Gasteiger partial charge < -0.3 is 19.9 Å². The molecule has 0 atom stereocenters. The number of anilines is 1. The van der Waals surface area contributed by atoms with Crippen molar-refractivity contribution in [1.82, 2.24) is 20.4 Å². The monoisotopic (exact) mass is 515 g/mol. The van der Waals surface area contributed by atoms with Gasteiger partial charge in [-0.15, -0.1) is 0 Å². The number of ether oxygens (including phenoxy) is 1. The molecule has 4 rings (SSSR count). The van der Waals surface area contributed by atoms with Crippen LogP contribution in [0.4, 0.5) is 14.9 Å². The van der Waals surface area contributed by atoms with Crippen LogP contribution in [0.15, 0.2) is 82.7 Å². The largest absolute Gasteiger partial charge is 0.444 e. The number of nitrogens with zero attached hydrogens (tertiary/aromatic N) is 4. The second kappa shape index (κ2) is 11.4. The Labute approximate surface area is 218 Å². The quantitative estimate of drug-likeness (QED) is 0.235. The number of alkyl carbamates (subject to hydrolysis) is 1. The highest BCUT2D eigenvalue weighted by Gasteiger charge is 2.20. The molecule has 0 saturated heterocycles. The van der Waals surface area contributed by atoms with Gasteiger partial charge in [0.15, 0.2) is 5.70 Å². The van der Waals surface area contributed by atoms with Crippen molar-refractivity contribution >= 4 is 23.2 Å². The van der Waals surface area contributed by atoms with E-state index in [4.69, 9.17) is 14.8 Å². The van der Waals surface area contributed by atoms with Crippen LogP contribution in [0.1, 0.15) is 37.8 Å². The number of benzene rings is 2. The Balaban J connectivity index is 1.59. The summed E-state index contributed by atoms with van der Waals surface area (Å²) < 4.78 is 25.1. The topological polar surface area (TPSA) is 138 Å². The predicted molar refractivity (Wildman–Crippen MR) is 139 cm³/mol. The average Bonchev–Trinajstić information content (AvgIpc) is 3.38. The first kappa shape index (κ1) is 26.1. The molecule has 0 spiro atoms. The van der Waals surface area contributed by atoms with Gasteiger partial charge in [-0.05, 0) is 50.6 Å². The van der Waals surface area contributed by atoms with Crippen LogP contribution < -0.4 is 10.6 Å². The van der Waals surface area contributed by atoms with E-state index in [0.29, 0.717) is 16.8 Å². The van der Waals surface area contributed by atoms with Crippen LogP contribution in [0.25, 0.3) is 22.8 Å². The molecule has 3 N–H and O–H groups in total. The van der Waals surface area contributed by atoms with Gasteiger partial charge in [0.2, 0.25) is 5.82 Å². The number of carbonyl (C=O) groups is 1. The summed E-state index contributed by atoms with van der Waals surface area (Å²) in [4.78, 5) is 20.3. The summed E-state index contributed by atoms with van der Waals surface area (Å²) in [7, 11) is 0. The number of aromatic nitrogens is 3. The Morgan fingerprint density at radius 3 is 2.45 bits per heavy atom. The van der Waals surface area contributed by atoms with Crippen molar-refractivity contribution in [3.8, 4) is 11.4 Å². The maximum atomic E-state index is 14.4. The van der Waals surface area contributed by atoms with Crippen LogP contribution in [0, 0.1) is 11.3 Å². The number of nitrogens with one attached hydrogen (secondary N) is 3. The summed E-state index contributed by atoms with van der Waals surface area (Å²) in [5.74, 6) is -0.232. The number of carbonyl (C=O) groups excluding carboxylic acids is 1. The van der Waals surface area contributed by atoms with Gasteiger partial charge in [0.25, 0.3) is 5.89 Å². The van der Waals surface area contributed by atoms with Gasteiger partial charge >= 0.3 is 6.09 Å². The van der Waals surface area contributed by atoms with E-state index in [1.54, 1.807) is 75.6 Å². The van der Waals surface area contributed by atoms with Crippen LogP contribution in [-0.2, 0) is 11.3 Å². The third-order valence-electron chi connectivity index (χ3n) is 5.13. The van der Waals surface area contributed by atoms with Crippen molar-refractivity contribution in [3.63, 3.8) is 0 Å². The summed E-state index contributed by atoms with van der Waals surface area (Å²) in [6.07, 6.45) is 2.63. The van der Waals surface area contributed by atoms with Crippen molar-refractivity contribution < 1.29 is 18.4 Å². The van der Waals surface area contributed by atoms with E-state index in [0.717, 1.165) is 5.56 Å². The van der Waals surface area contributed by atoms with E-state index in [1.807, 2.05) is 12.1 Å². The van der Waals surface area contributed by atoms with Crippen molar-refractivity contribution in [3.05, 3.63) is 95.9 Å². The average molecular weight is 516 g/mol. The first-order valence-corrected chi connectivity index (χ1v) is 11.7. The van der Waals surface area contributed by atoms with Crippen LogP contribution in [0.5, 0.6) is 0 Å². The normalized spacial score (nSPS) is 11.9. The van der Waals surface area contributed by atoms with Gasteiger partial charge in [-0.2, -0.15) is 10.1 Å². The van der Waals surface area contributed by atoms with Gasteiger partial charge in [0.05, 0.1) is 11.4 Å². The number of pyridine rings is 1. The maximum Gasteiger partial charge on any atom is 0.407 e. The molecule has 4 aromatic rings. The van der Waals surface area contributed by atoms with Crippen LogP contribution >= 0.6 is 0 Å². The van der Waals surface area contributed by atoms with Crippen molar-refractivity contribution in [1.29, 1.82) is 5.53 Å². The van der Waals surface area contributed by atoms with Gasteiger partial charge in [0, 0.05) is 30.1 Å². The number of halogens is 1. The van der Waals surface area contributed by atoms with E-state index in [1.165, 1.54) is 6.07 Å². The summed E-state index contributed by atoms with van der Waals surface area (Å²) in [6, 6.07) is 16.7. The summed E-state index contributed by atoms with van der Waals surface area (Å²) >= 11 is 0. The molecular formula is C27H26FN7O3. The molecule has 1 amide bonds. The molecule has 0 bridgehead atoms. The molecule has 10 nitrogen and oxygen atoms in total. The van der Waals surface area contributed by atoms with Crippen molar-refractivity contribution in [2.24, 2.45) is 5.11 Å². The molecule has 0 radical (unpaired) electrons. The van der Waals surface area contributed by atoms with E-state index < -0.39 is 17.5 Å². The van der Waals surface area contributed by atoms with Crippen LogP contribution in [0.2, 0.25) is 0 Å². The molecule has 2 heterocycles. The molecular weight excluding hydrogens is 489 g/mol. The molecule has 0 unspecified atom stereocenters. The Kier molecular flexibility index (Phi) is 7.86. The first-order valence-electron chi connectivity index (χ1n) is 11.7. The van der Waals surface area contributed by atoms with Crippen LogP contribution in [-0.4, -0.2) is 26.8 Å². The minimum atomic E-state index is -0.578. The molecule has 0 aliphatic rings. The highest BCUT2D eigenvalue weighted by Crippen LogP contribution is 2.30. The van der Waals surface area contributed by atoms with Gasteiger partial charge in [0.1, 0.15) is 11.4 Å². The van der Waals surface area contributed by atoms with Gasteiger partial charge in [-0.25, -0.2) is 14.7 Å². The lowest BCUT2D eigenvalue weighted by Crippen LogP contribution is -2.32. The zero-order chi connectivity index (χ0) is 27.1. The molecule has 0 aliphatic carbocycles. The Bertz CT molecular complexity index is 1450. The number of para-hydroxylation sites is 1. The predicted octanol–water partition coefficient (Wildman–Crippen LogP) is 6.26. The first-order chi connectivity index (χ1) is 18.2. The maximum absolute atomic E-state index is 14.4. The minimum absolute atomic E-state index is 0.0244. The lowest BCUT2D eigenvalue weighted by molar-refractivity contribution is 0.0523. The molecule has 38 heavy (non-hydrogen) atoms. The Morgan fingerprint density at radius 1 is 1.08 bits per heavy atom. The Morgan fingerprint density at radius 2 is 1.79 bits per heavy atom. The highest BCUT2D eigenvalue weighted by molar-refractivity contribution is 5.93. The summed E-state index contributed by atoms with van der Waals surface area (Å²) in [5.41, 5.74) is 9.84. The molecule has 0 aliphatic heterocycles. The van der Waals surface area contributed by atoms with Gasteiger partial charge in [-0.1, -0.05) is 41.6 Å². The number of rotatable bonds is 8. The zero-order valence-corrected chi connectivity index (χ0v) is 21.0. The molecule has 2 aromatic heterocycles. The van der Waals surface area contributed by atoms with E-state index in [-0.39, 0.29) is 29.6 Å². The van der Waals surface area contributed by atoms with Crippen LogP contribution in [0.3, 0.4) is 0 Å². The zero-order valence-electron chi connectivity index (χ0n) is 21.0. The second-order valence-corrected chi connectivity index (χ2v) is 9.15. The third kappa shape index (κ3) is 6.64. The van der Waals surface area contributed by atoms with Gasteiger partial charge in [-0.3, -0.25) is 4.98 Å². The lowest BCUT2D eigenvalue weighted by atomic mass is 10.1. The molecule has 0 saturated carbocycles. The summed E-state index contributed by atoms with van der Waals surface area (Å²) in [5, 5.41) is 13.4. The SMILES string of the molecule is CC(C)(C)OC(=O)NCc1ccc(-c2noc(/C(N=N)=C(/Nc3ccccc3F)c3ccncc3)n2)cc1. The molecule has 194 valence electrons.